The number of nitrogens with zero attached hydrogens (tertiary/aromatic N) is 5. The van der Waals surface area contributed by atoms with Crippen LogP contribution in [0.3, 0.4) is 0 Å². The van der Waals surface area contributed by atoms with Gasteiger partial charge in [0, 0.05) is 64.2 Å². The van der Waals surface area contributed by atoms with Gasteiger partial charge in [-0.3, -0.25) is 14.6 Å². The summed E-state index contributed by atoms with van der Waals surface area (Å²) in [5, 5.41) is 11.5. The summed E-state index contributed by atoms with van der Waals surface area (Å²) >= 11 is 0. The van der Waals surface area contributed by atoms with Crippen molar-refractivity contribution in [1.29, 1.82) is 0 Å². The molecule has 1 saturated heterocycles. The minimum Gasteiger partial charge on any atom is -0.369 e. The van der Waals surface area contributed by atoms with Gasteiger partial charge in [-0.25, -0.2) is 0 Å². The van der Waals surface area contributed by atoms with Gasteiger partial charge in [0.05, 0.1) is 5.69 Å². The van der Waals surface area contributed by atoms with Crippen LogP contribution in [0.4, 0.5) is 5.69 Å². The maximum atomic E-state index is 4.53. The van der Waals surface area contributed by atoms with Gasteiger partial charge in [-0.15, -0.1) is 0 Å². The SMILES string of the molecule is CN=C(NCCCN1CCN(c2ccccc2)CC1)NC(C)Cc1c(C)nn(C)c1C. The Balaban J connectivity index is 1.34. The molecule has 31 heavy (non-hydrogen) atoms. The maximum Gasteiger partial charge on any atom is 0.191 e. The number of aryl methyl sites for hydroxylation is 2. The van der Waals surface area contributed by atoms with Gasteiger partial charge in [-0.1, -0.05) is 18.2 Å². The number of benzene rings is 1. The van der Waals surface area contributed by atoms with Gasteiger partial charge in [0.15, 0.2) is 5.96 Å². The molecule has 1 aromatic carbocycles. The standard InChI is InChI=1S/C24H39N7/c1-19(18-23-20(2)28-29(5)21(23)3)27-24(25-4)26-12-9-13-30-14-16-31(17-15-30)22-10-7-6-8-11-22/h6-8,10-11,19H,9,12-18H2,1-5H3,(H2,25,26,27). The number of aromatic nitrogens is 2. The molecule has 1 aromatic heterocycles. The van der Waals surface area contributed by atoms with Crippen molar-refractivity contribution in [3.8, 4) is 0 Å². The summed E-state index contributed by atoms with van der Waals surface area (Å²) in [5.74, 6) is 0.876. The van der Waals surface area contributed by atoms with Gasteiger partial charge in [0.1, 0.15) is 0 Å². The number of hydrogen-bond donors (Lipinski definition) is 2. The molecule has 7 heteroatoms. The van der Waals surface area contributed by atoms with E-state index in [1.807, 2.05) is 18.8 Å². The van der Waals surface area contributed by atoms with Crippen molar-refractivity contribution in [2.45, 2.75) is 39.7 Å². The van der Waals surface area contributed by atoms with Crippen LogP contribution >= 0.6 is 0 Å². The number of anilines is 1. The van der Waals surface area contributed by atoms with Gasteiger partial charge in [0.25, 0.3) is 0 Å². The lowest BCUT2D eigenvalue weighted by molar-refractivity contribution is 0.255. The molecule has 3 rings (SSSR count). The molecule has 2 N–H and O–H groups in total. The molecule has 0 radical (unpaired) electrons. The van der Waals surface area contributed by atoms with Gasteiger partial charge in [-0.05, 0) is 57.9 Å². The molecular formula is C24H39N7. The van der Waals surface area contributed by atoms with Crippen molar-refractivity contribution in [2.24, 2.45) is 12.0 Å². The predicted molar refractivity (Wildman–Crippen MR) is 130 cm³/mol. The Kier molecular flexibility index (Phi) is 8.35. The summed E-state index contributed by atoms with van der Waals surface area (Å²) in [4.78, 5) is 9.44. The predicted octanol–water partition coefficient (Wildman–Crippen LogP) is 2.35. The van der Waals surface area contributed by atoms with Crippen molar-refractivity contribution in [3.63, 3.8) is 0 Å². The molecule has 1 aliphatic rings. The molecule has 1 aliphatic heterocycles. The zero-order valence-corrected chi connectivity index (χ0v) is 19.9. The Hall–Kier alpha value is -2.54. The van der Waals surface area contributed by atoms with Crippen molar-refractivity contribution in [3.05, 3.63) is 47.3 Å². The number of aliphatic imine (C=N–C) groups is 1. The van der Waals surface area contributed by atoms with E-state index in [2.05, 4.69) is 81.6 Å². The van der Waals surface area contributed by atoms with E-state index in [9.17, 15) is 0 Å². The molecule has 0 saturated carbocycles. The van der Waals surface area contributed by atoms with E-state index < -0.39 is 0 Å². The highest BCUT2D eigenvalue weighted by Crippen LogP contribution is 2.16. The first-order valence-corrected chi connectivity index (χ1v) is 11.5. The van der Waals surface area contributed by atoms with Gasteiger partial charge >= 0.3 is 0 Å². The zero-order chi connectivity index (χ0) is 22.2. The minimum absolute atomic E-state index is 0.291. The monoisotopic (exact) mass is 425 g/mol. The molecule has 2 aromatic rings. The number of para-hydroxylation sites is 1. The van der Waals surface area contributed by atoms with Crippen LogP contribution in [0, 0.1) is 13.8 Å². The van der Waals surface area contributed by atoms with Crippen LogP contribution in [-0.2, 0) is 13.5 Å². The van der Waals surface area contributed by atoms with Crippen molar-refractivity contribution in [2.75, 3.05) is 51.2 Å². The van der Waals surface area contributed by atoms with E-state index in [-0.39, 0.29) is 0 Å². The molecule has 0 spiro atoms. The number of rotatable bonds is 8. The topological polar surface area (TPSA) is 60.7 Å². The lowest BCUT2D eigenvalue weighted by atomic mass is 10.1. The lowest BCUT2D eigenvalue weighted by Crippen LogP contribution is -2.47. The van der Waals surface area contributed by atoms with E-state index >= 15 is 0 Å². The summed E-state index contributed by atoms with van der Waals surface area (Å²) in [6.07, 6.45) is 2.05. The molecule has 0 amide bonds. The van der Waals surface area contributed by atoms with Crippen molar-refractivity contribution >= 4 is 11.6 Å². The zero-order valence-electron chi connectivity index (χ0n) is 19.9. The first-order chi connectivity index (χ1) is 15.0. The largest absolute Gasteiger partial charge is 0.369 e. The smallest absolute Gasteiger partial charge is 0.191 e. The molecule has 1 unspecified atom stereocenters. The van der Waals surface area contributed by atoms with E-state index in [4.69, 9.17) is 0 Å². The Labute approximate surface area is 187 Å². The van der Waals surface area contributed by atoms with E-state index in [1.165, 1.54) is 16.9 Å². The second-order valence-electron chi connectivity index (χ2n) is 8.54. The molecule has 170 valence electrons. The summed E-state index contributed by atoms with van der Waals surface area (Å²) in [5.41, 5.74) is 5.02. The average molecular weight is 426 g/mol. The first-order valence-electron chi connectivity index (χ1n) is 11.5. The maximum absolute atomic E-state index is 4.53. The van der Waals surface area contributed by atoms with E-state index in [0.717, 1.165) is 63.8 Å². The fraction of sp³-hybridized carbons (Fsp3) is 0.583. The third kappa shape index (κ3) is 6.47. The molecular weight excluding hydrogens is 386 g/mol. The Bertz CT molecular complexity index is 835. The van der Waals surface area contributed by atoms with Gasteiger partial charge < -0.3 is 15.5 Å². The number of nitrogens with one attached hydrogen (secondary N) is 2. The Morgan fingerprint density at radius 1 is 1.13 bits per heavy atom. The molecule has 0 aliphatic carbocycles. The van der Waals surface area contributed by atoms with E-state index in [0.29, 0.717) is 6.04 Å². The fourth-order valence-electron chi connectivity index (χ4n) is 4.28. The summed E-state index contributed by atoms with van der Waals surface area (Å²) in [6, 6.07) is 11.0. The minimum atomic E-state index is 0.291. The third-order valence-corrected chi connectivity index (χ3v) is 6.21. The Morgan fingerprint density at radius 3 is 2.45 bits per heavy atom. The first kappa shape index (κ1) is 23.1. The van der Waals surface area contributed by atoms with Crippen LogP contribution < -0.4 is 15.5 Å². The average Bonchev–Trinajstić information content (AvgIpc) is 3.02. The fourth-order valence-corrected chi connectivity index (χ4v) is 4.28. The van der Waals surface area contributed by atoms with Crippen LogP contribution in [0.2, 0.25) is 0 Å². The normalized spacial score (nSPS) is 16.4. The number of piperazine rings is 1. The van der Waals surface area contributed by atoms with Crippen LogP contribution in [0.25, 0.3) is 0 Å². The summed E-state index contributed by atoms with van der Waals surface area (Å²) < 4.78 is 1.96. The van der Waals surface area contributed by atoms with Crippen molar-refractivity contribution < 1.29 is 0 Å². The van der Waals surface area contributed by atoms with Crippen molar-refractivity contribution in [1.82, 2.24) is 25.3 Å². The van der Waals surface area contributed by atoms with Crippen LogP contribution in [-0.4, -0.2) is 73.0 Å². The molecule has 7 nitrogen and oxygen atoms in total. The summed E-state index contributed by atoms with van der Waals surface area (Å²) in [7, 11) is 3.84. The van der Waals surface area contributed by atoms with Crippen LogP contribution in [0.15, 0.2) is 35.3 Å². The van der Waals surface area contributed by atoms with E-state index in [1.54, 1.807) is 0 Å². The second-order valence-corrected chi connectivity index (χ2v) is 8.54. The Morgan fingerprint density at radius 2 is 1.84 bits per heavy atom. The second kappa shape index (κ2) is 11.2. The highest BCUT2D eigenvalue weighted by molar-refractivity contribution is 5.79. The quantitative estimate of drug-likeness (QED) is 0.386. The number of hydrogen-bond acceptors (Lipinski definition) is 4. The third-order valence-electron chi connectivity index (χ3n) is 6.21. The highest BCUT2D eigenvalue weighted by Gasteiger charge is 2.17. The highest BCUT2D eigenvalue weighted by atomic mass is 15.3. The summed E-state index contributed by atoms with van der Waals surface area (Å²) in [6.45, 7) is 12.9. The van der Waals surface area contributed by atoms with Crippen LogP contribution in [0.1, 0.15) is 30.3 Å². The van der Waals surface area contributed by atoms with Crippen LogP contribution in [0.5, 0.6) is 0 Å². The molecule has 1 fully saturated rings. The van der Waals surface area contributed by atoms with Gasteiger partial charge in [-0.2, -0.15) is 5.10 Å². The van der Waals surface area contributed by atoms with Gasteiger partial charge in [0.2, 0.25) is 0 Å². The lowest BCUT2D eigenvalue weighted by Gasteiger charge is -2.36. The molecule has 2 heterocycles. The molecule has 0 bridgehead atoms. The molecule has 1 atom stereocenters. The number of guanidine groups is 1.